The molecule has 3 rings (SSSR count). The Hall–Kier alpha value is -3.26. The van der Waals surface area contributed by atoms with Gasteiger partial charge in [0, 0.05) is 26.2 Å². The van der Waals surface area contributed by atoms with Gasteiger partial charge in [-0.25, -0.2) is 5.43 Å². The molecule has 1 atom stereocenters. The second kappa shape index (κ2) is 14.0. The molecule has 0 radical (unpaired) electrons. The van der Waals surface area contributed by atoms with Crippen LogP contribution in [0.2, 0.25) is 15.1 Å². The summed E-state index contributed by atoms with van der Waals surface area (Å²) in [6.07, 6.45) is 1.48. The third kappa shape index (κ3) is 8.38. The fraction of sp³-hybridized carbons (Fsp3) is 0.250. The van der Waals surface area contributed by atoms with Gasteiger partial charge in [0.05, 0.1) is 12.8 Å². The number of nitrogens with one attached hydrogen (secondary N) is 2. The van der Waals surface area contributed by atoms with Crippen LogP contribution in [0, 0.1) is 5.92 Å². The summed E-state index contributed by atoms with van der Waals surface area (Å²) in [7, 11) is 0. The minimum Gasteiger partial charge on any atom is -0.490 e. The fourth-order valence-corrected chi connectivity index (χ4v) is 3.98. The van der Waals surface area contributed by atoms with E-state index in [2.05, 4.69) is 15.8 Å². The maximum absolute atomic E-state index is 12.8. The minimum absolute atomic E-state index is 0.170. The molecule has 0 fully saturated rings. The third-order valence-corrected chi connectivity index (χ3v) is 6.24. The van der Waals surface area contributed by atoms with Gasteiger partial charge in [-0.3, -0.25) is 9.59 Å². The van der Waals surface area contributed by atoms with Gasteiger partial charge < -0.3 is 14.8 Å². The smallest absolute Gasteiger partial charge is 0.262 e. The molecule has 1 unspecified atom stereocenters. The summed E-state index contributed by atoms with van der Waals surface area (Å²) in [5, 5.41) is 8.39. The molecule has 3 aromatic rings. The van der Waals surface area contributed by atoms with E-state index in [-0.39, 0.29) is 18.4 Å². The molecule has 38 heavy (non-hydrogen) atoms. The lowest BCUT2D eigenvalue weighted by molar-refractivity contribution is -0.123. The number of ether oxygens (including phenoxy) is 2. The molecule has 0 saturated heterocycles. The van der Waals surface area contributed by atoms with E-state index >= 15 is 0 Å². The molecule has 2 N–H and O–H groups in total. The van der Waals surface area contributed by atoms with Gasteiger partial charge in [-0.05, 0) is 73.0 Å². The highest BCUT2D eigenvalue weighted by Gasteiger charge is 2.24. The first kappa shape index (κ1) is 29.3. The summed E-state index contributed by atoms with van der Waals surface area (Å²) in [6.45, 7) is 6.20. The zero-order valence-electron chi connectivity index (χ0n) is 21.1. The van der Waals surface area contributed by atoms with Crippen molar-refractivity contribution in [1.82, 2.24) is 10.7 Å². The Morgan fingerprint density at radius 3 is 2.29 bits per heavy atom. The lowest BCUT2D eigenvalue weighted by Crippen LogP contribution is -2.48. The van der Waals surface area contributed by atoms with Gasteiger partial charge in [-0.2, -0.15) is 5.10 Å². The van der Waals surface area contributed by atoms with Crippen molar-refractivity contribution >= 4 is 52.8 Å². The molecule has 0 saturated carbocycles. The molecule has 7 nitrogen and oxygen atoms in total. The zero-order valence-corrected chi connectivity index (χ0v) is 23.4. The molecule has 3 aromatic carbocycles. The molecule has 0 aliphatic carbocycles. The second-order valence-corrected chi connectivity index (χ2v) is 9.88. The van der Waals surface area contributed by atoms with Crippen LogP contribution in [0.4, 0.5) is 0 Å². The van der Waals surface area contributed by atoms with E-state index in [0.717, 1.165) is 5.56 Å². The Kier molecular flexibility index (Phi) is 10.8. The van der Waals surface area contributed by atoms with E-state index in [1.807, 2.05) is 20.8 Å². The third-order valence-electron chi connectivity index (χ3n) is 5.40. The van der Waals surface area contributed by atoms with E-state index in [1.165, 1.54) is 6.21 Å². The number of hydrogen-bond acceptors (Lipinski definition) is 5. The maximum atomic E-state index is 12.8. The Bertz CT molecular complexity index is 1300. The molecule has 2 amide bonds. The monoisotopic (exact) mass is 575 g/mol. The maximum Gasteiger partial charge on any atom is 0.262 e. The van der Waals surface area contributed by atoms with Crippen LogP contribution in [-0.4, -0.2) is 30.7 Å². The number of hydrogen-bond donors (Lipinski definition) is 2. The number of amides is 2. The Balaban J connectivity index is 1.64. The first-order valence-electron chi connectivity index (χ1n) is 11.9. The van der Waals surface area contributed by atoms with Crippen molar-refractivity contribution < 1.29 is 19.1 Å². The molecule has 0 spiro atoms. The average Bonchev–Trinajstić information content (AvgIpc) is 2.88. The normalized spacial score (nSPS) is 11.9. The number of hydrazone groups is 1. The Morgan fingerprint density at radius 1 is 0.921 bits per heavy atom. The highest BCUT2D eigenvalue weighted by Crippen LogP contribution is 2.30. The Labute approximate surface area is 237 Å². The van der Waals surface area contributed by atoms with Gasteiger partial charge in [-0.15, -0.1) is 0 Å². The summed E-state index contributed by atoms with van der Waals surface area (Å²) in [5.74, 6) is 0.0586. The number of carbonyl (C=O) groups excluding carboxylic acids is 2. The topological polar surface area (TPSA) is 89.0 Å². The van der Waals surface area contributed by atoms with Crippen LogP contribution < -0.4 is 20.2 Å². The highest BCUT2D eigenvalue weighted by molar-refractivity contribution is 6.35. The molecule has 0 heterocycles. The molecular formula is C28H28Cl3N3O4. The predicted octanol–water partition coefficient (Wildman–Crippen LogP) is 6.53. The predicted molar refractivity (Wildman–Crippen MR) is 152 cm³/mol. The molecule has 0 aromatic heterocycles. The summed E-state index contributed by atoms with van der Waals surface area (Å²) >= 11 is 18.1. The van der Waals surface area contributed by atoms with Gasteiger partial charge in [0.25, 0.3) is 11.8 Å². The van der Waals surface area contributed by atoms with Crippen LogP contribution >= 0.6 is 34.8 Å². The first-order chi connectivity index (χ1) is 18.2. The van der Waals surface area contributed by atoms with Crippen molar-refractivity contribution in [2.75, 3.05) is 6.61 Å². The van der Waals surface area contributed by atoms with Gasteiger partial charge in [0.15, 0.2) is 11.5 Å². The van der Waals surface area contributed by atoms with Gasteiger partial charge in [-0.1, -0.05) is 54.7 Å². The standard InChI is InChI=1S/C28H28Cl3N3O4/c1-4-37-25-13-18(5-12-24(25)38-16-20-8-11-22(30)14-23(20)31)15-32-34-28(36)26(17(2)3)33-27(35)19-6-9-21(29)10-7-19/h5-15,17,26H,4,16H2,1-3H3,(H,33,35)(H,34,36). The molecular weight excluding hydrogens is 549 g/mol. The first-order valence-corrected chi connectivity index (χ1v) is 13.0. The van der Waals surface area contributed by atoms with Crippen LogP contribution in [0.1, 0.15) is 42.3 Å². The lowest BCUT2D eigenvalue weighted by Gasteiger charge is -2.20. The number of halogens is 3. The van der Waals surface area contributed by atoms with Crippen LogP contribution in [0.3, 0.4) is 0 Å². The van der Waals surface area contributed by atoms with Gasteiger partial charge in [0.1, 0.15) is 12.6 Å². The number of nitrogens with zero attached hydrogens (tertiary/aromatic N) is 1. The van der Waals surface area contributed by atoms with E-state index in [9.17, 15) is 9.59 Å². The second-order valence-electron chi connectivity index (χ2n) is 8.60. The van der Waals surface area contributed by atoms with Crippen LogP contribution in [0.25, 0.3) is 0 Å². The minimum atomic E-state index is -0.787. The van der Waals surface area contributed by atoms with Gasteiger partial charge in [0.2, 0.25) is 0 Å². The van der Waals surface area contributed by atoms with E-state index in [0.29, 0.717) is 44.3 Å². The summed E-state index contributed by atoms with van der Waals surface area (Å²) < 4.78 is 11.6. The van der Waals surface area contributed by atoms with Crippen molar-refractivity contribution in [3.8, 4) is 11.5 Å². The van der Waals surface area contributed by atoms with E-state index in [1.54, 1.807) is 60.7 Å². The summed E-state index contributed by atoms with van der Waals surface area (Å²) in [6, 6.07) is 16.1. The van der Waals surface area contributed by atoms with Crippen LogP contribution in [0.15, 0.2) is 65.8 Å². The Morgan fingerprint density at radius 2 is 1.63 bits per heavy atom. The van der Waals surface area contributed by atoms with Crippen LogP contribution in [-0.2, 0) is 11.4 Å². The molecule has 0 bridgehead atoms. The van der Waals surface area contributed by atoms with Crippen molar-refractivity contribution in [3.05, 3.63) is 92.4 Å². The molecule has 0 aliphatic heterocycles. The van der Waals surface area contributed by atoms with Crippen molar-refractivity contribution in [3.63, 3.8) is 0 Å². The van der Waals surface area contributed by atoms with E-state index in [4.69, 9.17) is 44.3 Å². The highest BCUT2D eigenvalue weighted by atomic mass is 35.5. The molecule has 200 valence electrons. The number of rotatable bonds is 11. The number of benzene rings is 3. The van der Waals surface area contributed by atoms with Gasteiger partial charge >= 0.3 is 0 Å². The number of carbonyl (C=O) groups is 2. The largest absolute Gasteiger partial charge is 0.490 e. The van der Waals surface area contributed by atoms with E-state index < -0.39 is 11.9 Å². The SMILES string of the molecule is CCOc1cc(C=NNC(=O)C(NC(=O)c2ccc(Cl)cc2)C(C)C)ccc1OCc1ccc(Cl)cc1Cl. The van der Waals surface area contributed by atoms with Crippen molar-refractivity contribution in [2.45, 2.75) is 33.4 Å². The zero-order chi connectivity index (χ0) is 27.7. The quantitative estimate of drug-likeness (QED) is 0.201. The average molecular weight is 577 g/mol. The molecule has 10 heteroatoms. The van der Waals surface area contributed by atoms with Crippen molar-refractivity contribution in [1.29, 1.82) is 0 Å². The summed E-state index contributed by atoms with van der Waals surface area (Å²) in [4.78, 5) is 25.3. The van der Waals surface area contributed by atoms with Crippen LogP contribution in [0.5, 0.6) is 11.5 Å². The summed E-state index contributed by atoms with van der Waals surface area (Å²) in [5.41, 5.74) is 4.37. The molecule has 0 aliphatic rings. The van der Waals surface area contributed by atoms with Crippen molar-refractivity contribution in [2.24, 2.45) is 11.0 Å². The lowest BCUT2D eigenvalue weighted by atomic mass is 10.0. The fourth-order valence-electron chi connectivity index (χ4n) is 3.39.